The number of aromatic nitrogens is 1. The molecule has 1 amide bonds. The molecule has 39 heavy (non-hydrogen) atoms. The maximum Gasteiger partial charge on any atom is 0.573 e. The van der Waals surface area contributed by atoms with E-state index in [9.17, 15) is 18.0 Å². The highest BCUT2D eigenvalue weighted by Gasteiger charge is 2.31. The summed E-state index contributed by atoms with van der Waals surface area (Å²) in [6, 6.07) is 7.95. The van der Waals surface area contributed by atoms with Gasteiger partial charge in [-0.25, -0.2) is 0 Å². The van der Waals surface area contributed by atoms with Crippen molar-refractivity contribution in [2.75, 3.05) is 13.1 Å². The lowest BCUT2D eigenvalue weighted by molar-refractivity contribution is -0.274. The van der Waals surface area contributed by atoms with E-state index < -0.39 is 6.36 Å². The van der Waals surface area contributed by atoms with Gasteiger partial charge in [-0.15, -0.1) is 13.2 Å². The summed E-state index contributed by atoms with van der Waals surface area (Å²) in [7, 11) is 1.76. The average Bonchev–Trinajstić information content (AvgIpc) is 3.18. The highest BCUT2D eigenvalue weighted by atomic mass is 35.5. The maximum absolute atomic E-state index is 13.2. The number of nitrogens with zero attached hydrogens (tertiary/aromatic N) is 2. The summed E-state index contributed by atoms with van der Waals surface area (Å²) in [5, 5.41) is 8.42. The summed E-state index contributed by atoms with van der Waals surface area (Å²) in [5.41, 5.74) is 3.05. The molecule has 1 atom stereocenters. The van der Waals surface area contributed by atoms with E-state index >= 15 is 0 Å². The fourth-order valence-electron chi connectivity index (χ4n) is 4.64. The molecule has 0 aliphatic carbocycles. The van der Waals surface area contributed by atoms with Crippen LogP contribution in [0.5, 0.6) is 5.75 Å². The summed E-state index contributed by atoms with van der Waals surface area (Å²) >= 11 is 13.2. The van der Waals surface area contributed by atoms with Crippen LogP contribution >= 0.6 is 23.2 Å². The van der Waals surface area contributed by atoms with E-state index in [1.54, 1.807) is 30.7 Å². The van der Waals surface area contributed by atoms with Crippen LogP contribution in [0.2, 0.25) is 10.0 Å². The summed E-state index contributed by atoms with van der Waals surface area (Å²) in [5.74, 6) is 0.0504. The first-order valence-electron chi connectivity index (χ1n) is 12.5. The van der Waals surface area contributed by atoms with Crippen molar-refractivity contribution in [2.24, 2.45) is 13.0 Å². The van der Waals surface area contributed by atoms with Crippen molar-refractivity contribution in [1.29, 1.82) is 0 Å². The molecular formula is C28H33Cl2F3N2O4. The second kappa shape index (κ2) is 13.9. The van der Waals surface area contributed by atoms with Gasteiger partial charge >= 0.3 is 6.36 Å². The van der Waals surface area contributed by atoms with E-state index in [0.717, 1.165) is 23.9 Å². The molecule has 1 aliphatic heterocycles. The smallest absolute Gasteiger partial charge is 0.483 e. The monoisotopic (exact) mass is 588 g/mol. The second-order valence-electron chi connectivity index (χ2n) is 9.08. The number of likely N-dealkylation sites (tertiary alicyclic amines) is 1. The number of rotatable bonds is 4. The zero-order chi connectivity index (χ0) is 29.5. The zero-order valence-electron chi connectivity index (χ0n) is 22.5. The summed E-state index contributed by atoms with van der Waals surface area (Å²) in [6.45, 7) is 9.00. The highest BCUT2D eigenvalue weighted by molar-refractivity contribution is 6.38. The van der Waals surface area contributed by atoms with E-state index in [1.807, 2.05) is 24.8 Å². The summed E-state index contributed by atoms with van der Waals surface area (Å²) in [4.78, 5) is 23.4. The Labute approximate surface area is 236 Å². The molecule has 0 unspecified atom stereocenters. The molecule has 3 aromatic rings. The molecule has 2 heterocycles. The molecule has 1 N–H and O–H groups in total. The van der Waals surface area contributed by atoms with Crippen LogP contribution in [0, 0.1) is 12.8 Å². The third kappa shape index (κ3) is 8.05. The minimum absolute atomic E-state index is 0.115. The van der Waals surface area contributed by atoms with Gasteiger partial charge in [0.2, 0.25) is 0 Å². The van der Waals surface area contributed by atoms with Gasteiger partial charge in [0.25, 0.3) is 12.4 Å². The predicted molar refractivity (Wildman–Crippen MR) is 148 cm³/mol. The molecular weight excluding hydrogens is 556 g/mol. The van der Waals surface area contributed by atoms with E-state index in [0.29, 0.717) is 57.7 Å². The van der Waals surface area contributed by atoms with Crippen LogP contribution in [-0.2, 0) is 18.3 Å². The van der Waals surface area contributed by atoms with Crippen LogP contribution in [-0.4, -0.2) is 46.4 Å². The topological polar surface area (TPSA) is 71.8 Å². The SMILES string of the molecule is CC.Cc1cc(OC(F)(F)F)cc2c1cc(Cc1c(Cl)ccc(C(=O)N3CCC[C@H](C)C3)c1Cl)n2C.O=CO. The van der Waals surface area contributed by atoms with Gasteiger partial charge in [-0.3, -0.25) is 9.59 Å². The molecule has 2 aromatic carbocycles. The van der Waals surface area contributed by atoms with Crippen LogP contribution in [0.25, 0.3) is 10.9 Å². The molecule has 4 rings (SSSR count). The van der Waals surface area contributed by atoms with Gasteiger partial charge < -0.3 is 19.3 Å². The number of carbonyl (C=O) groups is 2. The largest absolute Gasteiger partial charge is 0.573 e. The molecule has 0 bridgehead atoms. The number of hydrogen-bond acceptors (Lipinski definition) is 3. The summed E-state index contributed by atoms with van der Waals surface area (Å²) < 4.78 is 44.1. The summed E-state index contributed by atoms with van der Waals surface area (Å²) in [6.07, 6.45) is -2.40. The molecule has 0 radical (unpaired) electrons. The van der Waals surface area contributed by atoms with Gasteiger partial charge in [-0.05, 0) is 61.1 Å². The molecule has 1 aliphatic rings. The van der Waals surface area contributed by atoms with Crippen molar-refractivity contribution >= 4 is 46.5 Å². The van der Waals surface area contributed by atoms with Gasteiger partial charge in [0.15, 0.2) is 0 Å². The first-order valence-corrected chi connectivity index (χ1v) is 13.3. The lowest BCUT2D eigenvalue weighted by atomic mass is 9.98. The standard InChI is InChI=1S/C25H25Cl2F3N2O2.C2H6.CH2O2/c1-14-5-4-8-32(13-14)24(33)18-6-7-21(26)20(23(18)27)11-16-10-19-15(2)9-17(34-25(28,29)30)12-22(19)31(16)3;1-2;2-1-3/h6-7,9-10,12,14H,4-5,8,11,13H2,1-3H3;1-2H3;1H,(H,2,3)/t14-;;/m0../s1. The number of halogens is 5. The first kappa shape index (κ1) is 32.3. The van der Waals surface area contributed by atoms with Gasteiger partial charge in [-0.1, -0.05) is 44.0 Å². The number of amides is 1. The van der Waals surface area contributed by atoms with Crippen LogP contribution < -0.4 is 4.74 Å². The Hall–Kier alpha value is -2.91. The zero-order valence-corrected chi connectivity index (χ0v) is 24.0. The van der Waals surface area contributed by atoms with E-state index in [1.165, 1.54) is 12.1 Å². The molecule has 1 aromatic heterocycles. The number of aryl methyl sites for hydroxylation is 2. The van der Waals surface area contributed by atoms with Crippen LogP contribution in [0.1, 0.15) is 60.8 Å². The van der Waals surface area contributed by atoms with Crippen LogP contribution in [0.3, 0.4) is 0 Å². The third-order valence-corrected chi connectivity index (χ3v) is 7.18. The lowest BCUT2D eigenvalue weighted by Crippen LogP contribution is -2.39. The minimum Gasteiger partial charge on any atom is -0.483 e. The number of carbonyl (C=O) groups excluding carboxylic acids is 1. The van der Waals surface area contributed by atoms with Gasteiger partial charge in [0.05, 0.1) is 16.1 Å². The van der Waals surface area contributed by atoms with Crippen molar-refractivity contribution < 1.29 is 32.6 Å². The second-order valence-corrected chi connectivity index (χ2v) is 9.87. The van der Waals surface area contributed by atoms with Crippen molar-refractivity contribution in [1.82, 2.24) is 9.47 Å². The quantitative estimate of drug-likeness (QED) is 0.315. The number of carboxylic acid groups (broad SMARTS) is 1. The van der Waals surface area contributed by atoms with E-state index in [4.69, 9.17) is 33.1 Å². The van der Waals surface area contributed by atoms with Crippen molar-refractivity contribution in [3.05, 3.63) is 62.8 Å². The molecule has 0 spiro atoms. The van der Waals surface area contributed by atoms with Gasteiger partial charge in [0.1, 0.15) is 5.75 Å². The highest BCUT2D eigenvalue weighted by Crippen LogP contribution is 2.35. The Kier molecular flexibility index (Phi) is 11.5. The Morgan fingerprint density at radius 2 is 1.85 bits per heavy atom. The number of fused-ring (bicyclic) bond motifs is 1. The minimum atomic E-state index is -4.77. The van der Waals surface area contributed by atoms with Crippen LogP contribution in [0.4, 0.5) is 13.2 Å². The molecule has 1 fully saturated rings. The Morgan fingerprint density at radius 1 is 1.21 bits per heavy atom. The lowest BCUT2D eigenvalue weighted by Gasteiger charge is -2.31. The molecule has 6 nitrogen and oxygen atoms in total. The predicted octanol–water partition coefficient (Wildman–Crippen LogP) is 7.88. The molecule has 1 saturated heterocycles. The maximum atomic E-state index is 13.2. The average molecular weight is 589 g/mol. The van der Waals surface area contributed by atoms with E-state index in [-0.39, 0.29) is 18.1 Å². The van der Waals surface area contributed by atoms with Crippen molar-refractivity contribution in [3.63, 3.8) is 0 Å². The molecule has 214 valence electrons. The fourth-order valence-corrected chi connectivity index (χ4v) is 5.23. The van der Waals surface area contributed by atoms with Crippen molar-refractivity contribution in [2.45, 2.75) is 53.3 Å². The first-order chi connectivity index (χ1) is 18.4. The number of ether oxygens (including phenoxy) is 1. The third-order valence-electron chi connectivity index (χ3n) is 6.39. The number of alkyl halides is 3. The number of hydrogen-bond donors (Lipinski definition) is 1. The molecule has 11 heteroatoms. The number of benzene rings is 2. The van der Waals surface area contributed by atoms with Gasteiger partial charge in [-0.2, -0.15) is 0 Å². The Bertz CT molecular complexity index is 1310. The normalized spacial score (nSPS) is 15.1. The Morgan fingerprint density at radius 3 is 2.44 bits per heavy atom. The molecule has 0 saturated carbocycles. The van der Waals surface area contributed by atoms with E-state index in [2.05, 4.69) is 11.7 Å². The fraction of sp³-hybridized carbons (Fsp3) is 0.429. The Balaban J connectivity index is 0.000000998. The van der Waals surface area contributed by atoms with Crippen molar-refractivity contribution in [3.8, 4) is 5.75 Å². The van der Waals surface area contributed by atoms with Gasteiger partial charge in [0, 0.05) is 48.7 Å². The van der Waals surface area contributed by atoms with Crippen LogP contribution in [0.15, 0.2) is 30.3 Å². The number of piperidine rings is 1.